The second-order valence-electron chi connectivity index (χ2n) is 10.0. The number of hydrogen-bond acceptors (Lipinski definition) is 2. The van der Waals surface area contributed by atoms with Crippen molar-refractivity contribution in [3.63, 3.8) is 0 Å². The third kappa shape index (κ3) is 7.30. The molecule has 2 aliphatic rings. The zero-order valence-corrected chi connectivity index (χ0v) is 21.3. The monoisotopic (exact) mass is 531 g/mol. The Bertz CT molecular complexity index is 1030. The molecule has 1 aromatic heterocycles. The SMILES string of the molecule is C1CCNCC1.Cc1c(C(N)=O)c(C)n(CC2CCCCC2)c1-c1cc(C(F)(F)F)cc(C(F)(F)F)c1. The quantitative estimate of drug-likeness (QED) is 0.409. The zero-order chi connectivity index (χ0) is 27.4. The molecule has 0 bridgehead atoms. The van der Waals surface area contributed by atoms with Crippen molar-refractivity contribution in [2.45, 2.75) is 84.1 Å². The van der Waals surface area contributed by atoms with Crippen LogP contribution in [0.2, 0.25) is 0 Å². The van der Waals surface area contributed by atoms with Gasteiger partial charge in [0.25, 0.3) is 5.91 Å². The molecule has 0 unspecified atom stereocenters. The molecule has 1 aromatic carbocycles. The van der Waals surface area contributed by atoms with Crippen LogP contribution in [0.25, 0.3) is 11.3 Å². The second-order valence-corrected chi connectivity index (χ2v) is 10.0. The van der Waals surface area contributed by atoms with Crippen molar-refractivity contribution in [2.24, 2.45) is 11.7 Å². The van der Waals surface area contributed by atoms with Gasteiger partial charge in [0.1, 0.15) is 0 Å². The number of hydrogen-bond donors (Lipinski definition) is 2. The number of nitrogens with two attached hydrogens (primary N) is 1. The van der Waals surface area contributed by atoms with E-state index in [2.05, 4.69) is 5.32 Å². The fraction of sp³-hybridized carbons (Fsp3) is 0.593. The van der Waals surface area contributed by atoms with Crippen LogP contribution >= 0.6 is 0 Å². The molecule has 1 saturated carbocycles. The van der Waals surface area contributed by atoms with E-state index in [9.17, 15) is 31.1 Å². The van der Waals surface area contributed by atoms with Crippen LogP contribution in [0.5, 0.6) is 0 Å². The largest absolute Gasteiger partial charge is 0.416 e. The average Bonchev–Trinajstić information content (AvgIpc) is 3.09. The summed E-state index contributed by atoms with van der Waals surface area (Å²) in [6, 6.07) is 1.52. The molecule has 1 aliphatic heterocycles. The Hall–Kier alpha value is -2.49. The van der Waals surface area contributed by atoms with E-state index in [-0.39, 0.29) is 34.4 Å². The molecular formula is C27H35F6N3O. The van der Waals surface area contributed by atoms with Gasteiger partial charge in [-0.2, -0.15) is 26.3 Å². The predicted molar refractivity (Wildman–Crippen MR) is 131 cm³/mol. The highest BCUT2D eigenvalue weighted by molar-refractivity contribution is 5.98. The molecule has 4 nitrogen and oxygen atoms in total. The van der Waals surface area contributed by atoms with Crippen LogP contribution in [0.1, 0.15) is 84.1 Å². The Kier molecular flexibility index (Phi) is 9.37. The predicted octanol–water partition coefficient (Wildman–Crippen LogP) is 7.25. The molecule has 1 aliphatic carbocycles. The first-order valence-electron chi connectivity index (χ1n) is 12.8. The summed E-state index contributed by atoms with van der Waals surface area (Å²) in [4.78, 5) is 12.0. The van der Waals surface area contributed by atoms with Crippen LogP contribution in [0, 0.1) is 19.8 Å². The lowest BCUT2D eigenvalue weighted by Gasteiger charge is -2.25. The topological polar surface area (TPSA) is 60.0 Å². The lowest BCUT2D eigenvalue weighted by atomic mass is 9.89. The van der Waals surface area contributed by atoms with Crippen LogP contribution in [0.15, 0.2) is 18.2 Å². The molecule has 206 valence electrons. The van der Waals surface area contributed by atoms with Crippen LogP contribution in [0.4, 0.5) is 26.3 Å². The summed E-state index contributed by atoms with van der Waals surface area (Å²) in [5, 5.41) is 3.28. The van der Waals surface area contributed by atoms with E-state index in [1.807, 2.05) is 0 Å². The van der Waals surface area contributed by atoms with Crippen molar-refractivity contribution in [3.8, 4) is 11.3 Å². The molecule has 3 N–H and O–H groups in total. The summed E-state index contributed by atoms with van der Waals surface area (Å²) >= 11 is 0. The van der Waals surface area contributed by atoms with E-state index in [0.29, 0.717) is 24.4 Å². The molecule has 4 rings (SSSR count). The summed E-state index contributed by atoms with van der Waals surface area (Å²) in [6.45, 7) is 6.04. The van der Waals surface area contributed by atoms with Crippen molar-refractivity contribution in [3.05, 3.63) is 46.1 Å². The number of halogens is 6. The first kappa shape index (κ1) is 29.1. The van der Waals surface area contributed by atoms with E-state index < -0.39 is 29.4 Å². The Labute approximate surface area is 213 Å². The summed E-state index contributed by atoms with van der Waals surface area (Å²) < 4.78 is 82.0. The molecule has 0 radical (unpaired) electrons. The highest BCUT2D eigenvalue weighted by Gasteiger charge is 2.38. The van der Waals surface area contributed by atoms with Crippen molar-refractivity contribution in [1.29, 1.82) is 0 Å². The Morgan fingerprint density at radius 2 is 1.41 bits per heavy atom. The summed E-state index contributed by atoms with van der Waals surface area (Å²) in [5.41, 5.74) is 3.54. The van der Waals surface area contributed by atoms with Crippen LogP contribution in [-0.4, -0.2) is 23.6 Å². The number of aromatic nitrogens is 1. The van der Waals surface area contributed by atoms with E-state index in [0.717, 1.165) is 32.1 Å². The molecule has 2 aromatic rings. The number of piperidine rings is 1. The van der Waals surface area contributed by atoms with Gasteiger partial charge in [-0.25, -0.2) is 0 Å². The van der Waals surface area contributed by atoms with E-state index >= 15 is 0 Å². The highest BCUT2D eigenvalue weighted by Crippen LogP contribution is 2.41. The third-order valence-electron chi connectivity index (χ3n) is 7.25. The lowest BCUT2D eigenvalue weighted by Crippen LogP contribution is -2.21. The van der Waals surface area contributed by atoms with E-state index in [1.165, 1.54) is 39.3 Å². The fourth-order valence-electron chi connectivity index (χ4n) is 5.38. The molecule has 0 atom stereocenters. The van der Waals surface area contributed by atoms with Crippen LogP contribution in [-0.2, 0) is 18.9 Å². The van der Waals surface area contributed by atoms with Crippen LogP contribution < -0.4 is 11.1 Å². The van der Waals surface area contributed by atoms with Gasteiger partial charge >= 0.3 is 12.4 Å². The lowest BCUT2D eigenvalue weighted by molar-refractivity contribution is -0.143. The number of amides is 1. The van der Waals surface area contributed by atoms with Gasteiger partial charge in [-0.1, -0.05) is 25.7 Å². The normalized spacial score (nSPS) is 17.3. The van der Waals surface area contributed by atoms with E-state index in [4.69, 9.17) is 5.73 Å². The first-order valence-corrected chi connectivity index (χ1v) is 12.8. The zero-order valence-electron chi connectivity index (χ0n) is 21.3. The molecule has 1 saturated heterocycles. The number of nitrogens with zero attached hydrogens (tertiary/aromatic N) is 1. The molecule has 0 spiro atoms. The molecule has 37 heavy (non-hydrogen) atoms. The Morgan fingerprint density at radius 1 is 0.892 bits per heavy atom. The number of primary amides is 1. The number of carbonyl (C=O) groups is 1. The molecular weight excluding hydrogens is 496 g/mol. The number of nitrogens with one attached hydrogen (secondary N) is 1. The number of benzene rings is 1. The molecule has 2 fully saturated rings. The maximum atomic E-state index is 13.4. The molecule has 2 heterocycles. The standard InChI is InChI=1S/C22H24F6N2O.C5H11N/c1-12-18(20(29)31)13(2)30(11-14-6-4-3-5-7-14)19(12)15-8-16(21(23,24)25)10-17(9-15)22(26,27)28;1-2-4-6-5-3-1/h8-10,14H,3-7,11H2,1-2H3,(H2,29,31);6H,1-5H2. The minimum Gasteiger partial charge on any atom is -0.366 e. The van der Waals surface area contributed by atoms with Gasteiger partial charge in [-0.15, -0.1) is 0 Å². The Morgan fingerprint density at radius 3 is 1.81 bits per heavy atom. The second kappa shape index (κ2) is 11.9. The van der Waals surface area contributed by atoms with Gasteiger partial charge in [-0.05, 0) is 87.9 Å². The van der Waals surface area contributed by atoms with Gasteiger partial charge in [0.15, 0.2) is 0 Å². The average molecular weight is 532 g/mol. The number of carbonyl (C=O) groups excluding carboxylic acids is 1. The first-order chi connectivity index (χ1) is 17.3. The summed E-state index contributed by atoms with van der Waals surface area (Å²) in [5.74, 6) is -0.534. The highest BCUT2D eigenvalue weighted by atomic mass is 19.4. The van der Waals surface area contributed by atoms with Gasteiger partial charge in [0, 0.05) is 12.2 Å². The van der Waals surface area contributed by atoms with Gasteiger partial charge in [0.05, 0.1) is 22.4 Å². The van der Waals surface area contributed by atoms with Gasteiger partial charge in [-0.3, -0.25) is 4.79 Å². The summed E-state index contributed by atoms with van der Waals surface area (Å²) in [7, 11) is 0. The maximum absolute atomic E-state index is 13.4. The molecule has 1 amide bonds. The van der Waals surface area contributed by atoms with Crippen molar-refractivity contribution >= 4 is 5.91 Å². The van der Waals surface area contributed by atoms with Gasteiger partial charge in [0.2, 0.25) is 0 Å². The van der Waals surface area contributed by atoms with Crippen molar-refractivity contribution in [2.75, 3.05) is 13.1 Å². The summed E-state index contributed by atoms with van der Waals surface area (Å²) in [6.07, 6.45) is -0.724. The third-order valence-corrected chi connectivity index (χ3v) is 7.25. The van der Waals surface area contributed by atoms with Crippen molar-refractivity contribution in [1.82, 2.24) is 9.88 Å². The minimum absolute atomic E-state index is 0.106. The smallest absolute Gasteiger partial charge is 0.366 e. The number of alkyl halides is 6. The maximum Gasteiger partial charge on any atom is 0.416 e. The number of rotatable bonds is 4. The minimum atomic E-state index is -4.95. The fourth-order valence-corrected chi connectivity index (χ4v) is 5.38. The van der Waals surface area contributed by atoms with Crippen molar-refractivity contribution < 1.29 is 31.1 Å². The van der Waals surface area contributed by atoms with Crippen LogP contribution in [0.3, 0.4) is 0 Å². The van der Waals surface area contributed by atoms with E-state index in [1.54, 1.807) is 11.5 Å². The Balaban J connectivity index is 0.000000555. The molecule has 10 heteroatoms. The van der Waals surface area contributed by atoms with Gasteiger partial charge < -0.3 is 15.6 Å².